The maximum Gasteiger partial charge on any atom is 0.0218 e. The van der Waals surface area contributed by atoms with Crippen molar-refractivity contribution in [3.05, 3.63) is 0 Å². The maximum atomic E-state index is 3.65. The molecule has 0 heterocycles. The average Bonchev–Trinajstić information content (AvgIpc) is 2.17. The molecule has 92 valence electrons. The predicted octanol–water partition coefficient (Wildman–Crippen LogP) is 2.74. The average molecular weight is 214 g/mol. The van der Waals surface area contributed by atoms with E-state index in [2.05, 4.69) is 51.8 Å². The van der Waals surface area contributed by atoms with E-state index in [1.807, 2.05) is 0 Å². The molecule has 0 spiro atoms. The molecule has 15 heavy (non-hydrogen) atoms. The van der Waals surface area contributed by atoms with Gasteiger partial charge in [-0.15, -0.1) is 0 Å². The molecule has 0 rings (SSSR count). The maximum absolute atomic E-state index is 3.65. The van der Waals surface area contributed by atoms with Crippen molar-refractivity contribution in [1.29, 1.82) is 0 Å². The Balaban J connectivity index is 4.12. The van der Waals surface area contributed by atoms with E-state index < -0.39 is 0 Å². The number of likely N-dealkylation sites (N-methyl/N-ethyl adjacent to an activating group) is 1. The molecule has 1 N–H and O–H groups in total. The standard InChI is InChI=1S/C13H30N2/c1-7-9-14-13(11(3)4)10-15(8-2)12(5)6/h11-14H,7-10H2,1-6H3. The van der Waals surface area contributed by atoms with Gasteiger partial charge in [-0.2, -0.15) is 0 Å². The van der Waals surface area contributed by atoms with Crippen LogP contribution in [0, 0.1) is 5.92 Å². The summed E-state index contributed by atoms with van der Waals surface area (Å²) >= 11 is 0. The summed E-state index contributed by atoms with van der Waals surface area (Å²) in [6.45, 7) is 17.1. The van der Waals surface area contributed by atoms with E-state index in [1.54, 1.807) is 0 Å². The first-order valence-electron chi connectivity index (χ1n) is 6.50. The fraction of sp³-hybridized carbons (Fsp3) is 1.00. The molecule has 0 aliphatic rings. The number of nitrogens with one attached hydrogen (secondary N) is 1. The Morgan fingerprint density at radius 1 is 1.07 bits per heavy atom. The zero-order chi connectivity index (χ0) is 11.8. The molecule has 0 radical (unpaired) electrons. The summed E-state index contributed by atoms with van der Waals surface area (Å²) in [7, 11) is 0. The van der Waals surface area contributed by atoms with Crippen LogP contribution in [0.25, 0.3) is 0 Å². The van der Waals surface area contributed by atoms with E-state index in [0.29, 0.717) is 18.0 Å². The first kappa shape index (κ1) is 14.9. The van der Waals surface area contributed by atoms with Gasteiger partial charge in [-0.3, -0.25) is 4.90 Å². The Bertz CT molecular complexity index is 143. The van der Waals surface area contributed by atoms with Gasteiger partial charge in [0.2, 0.25) is 0 Å². The summed E-state index contributed by atoms with van der Waals surface area (Å²) in [6.07, 6.45) is 1.22. The molecule has 0 aromatic rings. The molecule has 0 bridgehead atoms. The zero-order valence-corrected chi connectivity index (χ0v) is 11.5. The topological polar surface area (TPSA) is 15.3 Å². The molecule has 2 heteroatoms. The molecular weight excluding hydrogens is 184 g/mol. The highest BCUT2D eigenvalue weighted by Crippen LogP contribution is 2.07. The highest BCUT2D eigenvalue weighted by Gasteiger charge is 2.17. The van der Waals surface area contributed by atoms with E-state index in [1.165, 1.54) is 13.0 Å². The molecule has 2 nitrogen and oxygen atoms in total. The second kappa shape index (κ2) is 8.12. The van der Waals surface area contributed by atoms with Crippen LogP contribution in [-0.4, -0.2) is 36.6 Å². The molecule has 0 aliphatic carbocycles. The first-order chi connectivity index (χ1) is 7.02. The Morgan fingerprint density at radius 3 is 2.00 bits per heavy atom. The molecule has 0 saturated carbocycles. The lowest BCUT2D eigenvalue weighted by Gasteiger charge is -2.32. The van der Waals surface area contributed by atoms with Crippen LogP contribution < -0.4 is 5.32 Å². The van der Waals surface area contributed by atoms with Gasteiger partial charge in [0.15, 0.2) is 0 Å². The van der Waals surface area contributed by atoms with E-state index in [9.17, 15) is 0 Å². The minimum atomic E-state index is 0.632. The highest BCUT2D eigenvalue weighted by molar-refractivity contribution is 4.76. The van der Waals surface area contributed by atoms with Gasteiger partial charge in [0.25, 0.3) is 0 Å². The highest BCUT2D eigenvalue weighted by atomic mass is 15.2. The van der Waals surface area contributed by atoms with Crippen LogP contribution in [-0.2, 0) is 0 Å². The van der Waals surface area contributed by atoms with Crippen LogP contribution in [0.1, 0.15) is 48.0 Å². The van der Waals surface area contributed by atoms with E-state index in [4.69, 9.17) is 0 Å². The van der Waals surface area contributed by atoms with Crippen molar-refractivity contribution in [2.45, 2.75) is 60.0 Å². The predicted molar refractivity (Wildman–Crippen MR) is 69.3 cm³/mol. The van der Waals surface area contributed by atoms with Gasteiger partial charge in [0, 0.05) is 18.6 Å². The van der Waals surface area contributed by atoms with Gasteiger partial charge in [-0.1, -0.05) is 27.7 Å². The smallest absolute Gasteiger partial charge is 0.0218 e. The van der Waals surface area contributed by atoms with Gasteiger partial charge in [-0.25, -0.2) is 0 Å². The minimum Gasteiger partial charge on any atom is -0.312 e. The molecule has 0 saturated heterocycles. The van der Waals surface area contributed by atoms with Crippen molar-refractivity contribution >= 4 is 0 Å². The van der Waals surface area contributed by atoms with Gasteiger partial charge >= 0.3 is 0 Å². The van der Waals surface area contributed by atoms with Gasteiger partial charge < -0.3 is 5.32 Å². The lowest BCUT2D eigenvalue weighted by Crippen LogP contribution is -2.46. The van der Waals surface area contributed by atoms with Gasteiger partial charge in [0.05, 0.1) is 0 Å². The van der Waals surface area contributed by atoms with E-state index in [-0.39, 0.29) is 0 Å². The van der Waals surface area contributed by atoms with Crippen molar-refractivity contribution < 1.29 is 0 Å². The summed E-state index contributed by atoms with van der Waals surface area (Å²) in [6, 6.07) is 1.28. The summed E-state index contributed by atoms with van der Waals surface area (Å²) in [4.78, 5) is 2.54. The fourth-order valence-electron chi connectivity index (χ4n) is 1.80. The Hall–Kier alpha value is -0.0800. The normalized spacial score (nSPS) is 14.2. The summed E-state index contributed by atoms with van der Waals surface area (Å²) in [5, 5.41) is 3.65. The molecular formula is C13H30N2. The monoisotopic (exact) mass is 214 g/mol. The van der Waals surface area contributed by atoms with Crippen molar-refractivity contribution in [2.24, 2.45) is 5.92 Å². The van der Waals surface area contributed by atoms with Crippen LogP contribution in [0.3, 0.4) is 0 Å². The number of hydrogen-bond acceptors (Lipinski definition) is 2. The molecule has 0 aromatic carbocycles. The molecule has 1 unspecified atom stereocenters. The van der Waals surface area contributed by atoms with Crippen molar-refractivity contribution in [3.63, 3.8) is 0 Å². The molecule has 0 amide bonds. The fourth-order valence-corrected chi connectivity index (χ4v) is 1.80. The number of nitrogens with zero attached hydrogens (tertiary/aromatic N) is 1. The summed E-state index contributed by atoms with van der Waals surface area (Å²) < 4.78 is 0. The van der Waals surface area contributed by atoms with Crippen LogP contribution in [0.5, 0.6) is 0 Å². The second-order valence-electron chi connectivity index (χ2n) is 4.99. The molecule has 0 aliphatic heterocycles. The number of rotatable bonds is 8. The van der Waals surface area contributed by atoms with Crippen molar-refractivity contribution in [3.8, 4) is 0 Å². The molecule has 1 atom stereocenters. The Labute approximate surface area is 96.4 Å². The first-order valence-corrected chi connectivity index (χ1v) is 6.50. The SMILES string of the molecule is CCCNC(CN(CC)C(C)C)C(C)C. The molecule has 0 aromatic heterocycles. The van der Waals surface area contributed by atoms with Crippen LogP contribution in [0.2, 0.25) is 0 Å². The van der Waals surface area contributed by atoms with Crippen molar-refractivity contribution in [1.82, 2.24) is 10.2 Å². The van der Waals surface area contributed by atoms with E-state index >= 15 is 0 Å². The third kappa shape index (κ3) is 6.16. The Morgan fingerprint density at radius 2 is 1.67 bits per heavy atom. The lowest BCUT2D eigenvalue weighted by atomic mass is 10.0. The molecule has 0 fully saturated rings. The third-order valence-corrected chi connectivity index (χ3v) is 3.03. The van der Waals surface area contributed by atoms with Crippen molar-refractivity contribution in [2.75, 3.05) is 19.6 Å². The number of hydrogen-bond donors (Lipinski definition) is 1. The van der Waals surface area contributed by atoms with Gasteiger partial charge in [-0.05, 0) is 39.3 Å². The third-order valence-electron chi connectivity index (χ3n) is 3.03. The van der Waals surface area contributed by atoms with Crippen LogP contribution >= 0.6 is 0 Å². The zero-order valence-electron chi connectivity index (χ0n) is 11.5. The second-order valence-corrected chi connectivity index (χ2v) is 4.99. The largest absolute Gasteiger partial charge is 0.312 e. The van der Waals surface area contributed by atoms with E-state index in [0.717, 1.165) is 13.1 Å². The van der Waals surface area contributed by atoms with Gasteiger partial charge in [0.1, 0.15) is 0 Å². The van der Waals surface area contributed by atoms with Crippen LogP contribution in [0.15, 0.2) is 0 Å². The summed E-state index contributed by atoms with van der Waals surface area (Å²) in [5.41, 5.74) is 0. The quantitative estimate of drug-likeness (QED) is 0.668. The minimum absolute atomic E-state index is 0.632. The van der Waals surface area contributed by atoms with Crippen LogP contribution in [0.4, 0.5) is 0 Å². The lowest BCUT2D eigenvalue weighted by molar-refractivity contribution is 0.188. The Kier molecular flexibility index (Phi) is 8.07. The summed E-state index contributed by atoms with van der Waals surface area (Å²) in [5.74, 6) is 0.712.